The van der Waals surface area contributed by atoms with Crippen LogP contribution in [0.2, 0.25) is 0 Å². The summed E-state index contributed by atoms with van der Waals surface area (Å²) in [5, 5.41) is 4.08. The number of nitrogens with zero attached hydrogens (tertiary/aromatic N) is 3. The fourth-order valence-electron chi connectivity index (χ4n) is 3.15. The Bertz CT molecular complexity index is 1200. The van der Waals surface area contributed by atoms with E-state index in [4.69, 9.17) is 4.74 Å². The molecule has 0 saturated heterocycles. The van der Waals surface area contributed by atoms with Crippen LogP contribution in [0.3, 0.4) is 0 Å². The van der Waals surface area contributed by atoms with Crippen LogP contribution >= 0.6 is 0 Å². The normalized spacial score (nSPS) is 11.1. The molecule has 0 radical (unpaired) electrons. The van der Waals surface area contributed by atoms with Gasteiger partial charge in [0.25, 0.3) is 5.91 Å². The summed E-state index contributed by atoms with van der Waals surface area (Å²) >= 11 is 0. The number of hydrogen-bond acceptors (Lipinski definition) is 4. The fourth-order valence-corrected chi connectivity index (χ4v) is 3.15. The monoisotopic (exact) mass is 398 g/mol. The van der Waals surface area contributed by atoms with Crippen LogP contribution in [0.4, 0.5) is 0 Å². The lowest BCUT2D eigenvalue weighted by molar-refractivity contribution is 0.0948. The van der Waals surface area contributed by atoms with Gasteiger partial charge in [-0.15, -0.1) is 0 Å². The predicted octanol–water partition coefficient (Wildman–Crippen LogP) is 4.29. The third-order valence-corrected chi connectivity index (χ3v) is 4.68. The lowest BCUT2D eigenvalue weighted by atomic mass is 10.2. The van der Waals surface area contributed by atoms with Crippen LogP contribution in [0.5, 0.6) is 5.75 Å². The maximum Gasteiger partial charge on any atom is 0.290 e. The van der Waals surface area contributed by atoms with Crippen molar-refractivity contribution in [3.8, 4) is 5.75 Å². The zero-order valence-electron chi connectivity index (χ0n) is 16.9. The van der Waals surface area contributed by atoms with E-state index in [1.807, 2.05) is 86.8 Å². The van der Waals surface area contributed by atoms with Crippen molar-refractivity contribution in [2.24, 2.45) is 5.10 Å². The van der Waals surface area contributed by atoms with Gasteiger partial charge in [0.15, 0.2) is 0 Å². The van der Waals surface area contributed by atoms with E-state index in [9.17, 15) is 4.79 Å². The van der Waals surface area contributed by atoms with Gasteiger partial charge in [-0.05, 0) is 66.9 Å². The Balaban J connectivity index is 1.37. The van der Waals surface area contributed by atoms with Crippen molar-refractivity contribution in [1.82, 2.24) is 14.8 Å². The molecular formula is C24H22N4O2. The highest BCUT2D eigenvalue weighted by Gasteiger charge is 2.15. The summed E-state index contributed by atoms with van der Waals surface area (Å²) < 4.78 is 7.55. The molecule has 0 bridgehead atoms. The molecule has 4 rings (SSSR count). The predicted molar refractivity (Wildman–Crippen MR) is 117 cm³/mol. The first-order chi connectivity index (χ1) is 14.6. The van der Waals surface area contributed by atoms with Gasteiger partial charge in [0, 0.05) is 6.20 Å². The molecule has 0 fully saturated rings. The van der Waals surface area contributed by atoms with E-state index < -0.39 is 0 Å². The van der Waals surface area contributed by atoms with Crippen LogP contribution in [0.1, 0.15) is 32.9 Å². The Kier molecular flexibility index (Phi) is 5.57. The van der Waals surface area contributed by atoms with E-state index in [-0.39, 0.29) is 5.91 Å². The largest absolute Gasteiger partial charge is 0.489 e. The molecule has 4 aromatic rings. The maximum atomic E-state index is 12.6. The van der Waals surface area contributed by atoms with Crippen molar-refractivity contribution in [1.29, 1.82) is 0 Å². The molecule has 0 aliphatic carbocycles. The van der Waals surface area contributed by atoms with Crippen LogP contribution in [-0.2, 0) is 6.61 Å². The van der Waals surface area contributed by atoms with Crippen LogP contribution in [0, 0.1) is 13.8 Å². The molecule has 1 amide bonds. The number of hydrazone groups is 1. The maximum absolute atomic E-state index is 12.6. The molecule has 1 N–H and O–H groups in total. The molecular weight excluding hydrogens is 376 g/mol. The zero-order chi connectivity index (χ0) is 20.9. The first-order valence-electron chi connectivity index (χ1n) is 9.65. The molecule has 2 aromatic heterocycles. The minimum absolute atomic E-state index is 0.303. The molecule has 150 valence electrons. The highest BCUT2D eigenvalue weighted by atomic mass is 16.5. The number of ether oxygens (including phenoxy) is 1. The topological polar surface area (TPSA) is 68.0 Å². The van der Waals surface area contributed by atoms with E-state index in [0.717, 1.165) is 28.1 Å². The lowest BCUT2D eigenvalue weighted by Gasteiger charge is -2.06. The summed E-state index contributed by atoms with van der Waals surface area (Å²) in [6, 6.07) is 21.4. The standard InChI is InChI=1S/C24H22N4O2/c1-17-12-13-28-22(14-17)26-18(2)23(28)24(29)27-25-15-19-8-10-21(11-9-19)30-16-20-6-4-3-5-7-20/h3-15H,16H2,1-2H3,(H,27,29)/b25-15-. The van der Waals surface area contributed by atoms with Crippen LogP contribution in [-0.4, -0.2) is 21.5 Å². The highest BCUT2D eigenvalue weighted by Crippen LogP contribution is 2.15. The number of aryl methyl sites for hydroxylation is 2. The van der Waals surface area contributed by atoms with Gasteiger partial charge in [0.05, 0.1) is 11.9 Å². The number of carbonyl (C=O) groups is 1. The number of imidazole rings is 1. The Morgan fingerprint density at radius 1 is 1.10 bits per heavy atom. The smallest absolute Gasteiger partial charge is 0.290 e. The van der Waals surface area contributed by atoms with Crippen molar-refractivity contribution < 1.29 is 9.53 Å². The summed E-state index contributed by atoms with van der Waals surface area (Å²) in [7, 11) is 0. The third kappa shape index (κ3) is 4.38. The summed E-state index contributed by atoms with van der Waals surface area (Å²) in [4.78, 5) is 17.0. The lowest BCUT2D eigenvalue weighted by Crippen LogP contribution is -2.20. The quantitative estimate of drug-likeness (QED) is 0.389. The van der Waals surface area contributed by atoms with Crippen LogP contribution < -0.4 is 10.2 Å². The minimum Gasteiger partial charge on any atom is -0.489 e. The second-order valence-corrected chi connectivity index (χ2v) is 7.02. The van der Waals surface area contributed by atoms with Gasteiger partial charge in [0.1, 0.15) is 23.7 Å². The minimum atomic E-state index is -0.303. The Morgan fingerprint density at radius 3 is 2.63 bits per heavy atom. The molecule has 2 heterocycles. The highest BCUT2D eigenvalue weighted by molar-refractivity contribution is 5.95. The molecule has 0 saturated carbocycles. The molecule has 0 aliphatic rings. The number of carbonyl (C=O) groups excluding carboxylic acids is 1. The number of hydrogen-bond donors (Lipinski definition) is 1. The van der Waals surface area contributed by atoms with Gasteiger partial charge in [-0.1, -0.05) is 30.3 Å². The van der Waals surface area contributed by atoms with Gasteiger partial charge in [-0.3, -0.25) is 9.20 Å². The summed E-state index contributed by atoms with van der Waals surface area (Å²) in [6.45, 7) is 4.32. The molecule has 2 aromatic carbocycles. The van der Waals surface area contributed by atoms with Crippen molar-refractivity contribution in [2.45, 2.75) is 20.5 Å². The van der Waals surface area contributed by atoms with Crippen LogP contribution in [0.15, 0.2) is 78.0 Å². The second-order valence-electron chi connectivity index (χ2n) is 7.02. The Hall–Kier alpha value is -3.93. The summed E-state index contributed by atoms with van der Waals surface area (Å²) in [5.74, 6) is 0.472. The molecule has 6 nitrogen and oxygen atoms in total. The van der Waals surface area contributed by atoms with E-state index in [1.54, 1.807) is 10.6 Å². The average Bonchev–Trinajstić information content (AvgIpc) is 3.08. The molecule has 0 unspecified atom stereocenters. The molecule has 30 heavy (non-hydrogen) atoms. The van der Waals surface area contributed by atoms with Gasteiger partial charge >= 0.3 is 0 Å². The summed E-state index contributed by atoms with van der Waals surface area (Å²) in [6.07, 6.45) is 3.44. The number of fused-ring (bicyclic) bond motifs is 1. The van der Waals surface area contributed by atoms with Crippen molar-refractivity contribution in [3.05, 3.63) is 101 Å². The molecule has 0 aliphatic heterocycles. The number of pyridine rings is 1. The van der Waals surface area contributed by atoms with E-state index >= 15 is 0 Å². The van der Waals surface area contributed by atoms with Crippen LogP contribution in [0.25, 0.3) is 5.65 Å². The van der Waals surface area contributed by atoms with E-state index in [0.29, 0.717) is 18.0 Å². The van der Waals surface area contributed by atoms with Gasteiger partial charge in [-0.25, -0.2) is 10.4 Å². The first kappa shape index (κ1) is 19.4. The average molecular weight is 398 g/mol. The molecule has 0 atom stereocenters. The summed E-state index contributed by atoms with van der Waals surface area (Å²) in [5.41, 5.74) is 7.52. The molecule has 6 heteroatoms. The van der Waals surface area contributed by atoms with Gasteiger partial charge < -0.3 is 4.74 Å². The first-order valence-corrected chi connectivity index (χ1v) is 9.65. The Labute approximate surface area is 174 Å². The van der Waals surface area contributed by atoms with Gasteiger partial charge in [-0.2, -0.15) is 5.10 Å². The SMILES string of the molecule is Cc1ccn2c(C(=O)N/N=C\c3ccc(OCc4ccccc4)cc3)c(C)nc2c1. The Morgan fingerprint density at radius 2 is 1.87 bits per heavy atom. The fraction of sp³-hybridized carbons (Fsp3) is 0.125. The van der Waals surface area contributed by atoms with Gasteiger partial charge in [0.2, 0.25) is 0 Å². The third-order valence-electron chi connectivity index (χ3n) is 4.68. The number of nitrogens with one attached hydrogen (secondary N) is 1. The second kappa shape index (κ2) is 8.61. The zero-order valence-corrected chi connectivity index (χ0v) is 16.9. The number of aromatic nitrogens is 2. The number of rotatable bonds is 6. The van der Waals surface area contributed by atoms with E-state index in [2.05, 4.69) is 15.5 Å². The number of benzene rings is 2. The molecule has 0 spiro atoms. The van der Waals surface area contributed by atoms with Crippen molar-refractivity contribution in [3.63, 3.8) is 0 Å². The number of amides is 1. The van der Waals surface area contributed by atoms with Crippen molar-refractivity contribution >= 4 is 17.8 Å². The van der Waals surface area contributed by atoms with E-state index in [1.165, 1.54) is 0 Å². The van der Waals surface area contributed by atoms with Crippen molar-refractivity contribution in [2.75, 3.05) is 0 Å².